The second-order valence-electron chi connectivity index (χ2n) is 7.10. The van der Waals surface area contributed by atoms with Gasteiger partial charge in [0.25, 0.3) is 5.91 Å². The van der Waals surface area contributed by atoms with Crippen molar-refractivity contribution in [1.82, 2.24) is 20.6 Å². The highest BCUT2D eigenvalue weighted by atomic mass is 16.5. The van der Waals surface area contributed by atoms with E-state index in [1.165, 1.54) is 0 Å². The fourth-order valence-electron chi connectivity index (χ4n) is 3.78. The maximum atomic E-state index is 12.8. The van der Waals surface area contributed by atoms with Crippen molar-refractivity contribution in [2.45, 2.75) is 51.2 Å². The summed E-state index contributed by atoms with van der Waals surface area (Å²) in [4.78, 5) is 23.9. The molecule has 2 fully saturated rings. The first-order chi connectivity index (χ1) is 12.0. The first kappa shape index (κ1) is 18.1. The number of hydrogen-bond donors (Lipinski definition) is 2. The van der Waals surface area contributed by atoms with Gasteiger partial charge in [-0.2, -0.15) is 0 Å². The Morgan fingerprint density at radius 1 is 1.28 bits per heavy atom. The molecule has 2 saturated heterocycles. The van der Waals surface area contributed by atoms with E-state index in [-0.39, 0.29) is 11.9 Å². The monoisotopic (exact) mass is 347 g/mol. The molecule has 0 bridgehead atoms. The fraction of sp³-hybridized carbons (Fsp3) is 0.722. The van der Waals surface area contributed by atoms with Crippen LogP contribution in [0.25, 0.3) is 0 Å². The van der Waals surface area contributed by atoms with Crippen LogP contribution in [0.4, 0.5) is 5.82 Å². The lowest BCUT2D eigenvalue weighted by molar-refractivity contribution is -0.147. The molecule has 2 aliphatic rings. The summed E-state index contributed by atoms with van der Waals surface area (Å²) in [5.74, 6) is 1.84. The van der Waals surface area contributed by atoms with E-state index in [9.17, 15) is 4.79 Å². The van der Waals surface area contributed by atoms with Crippen molar-refractivity contribution in [2.24, 2.45) is 0 Å². The summed E-state index contributed by atoms with van der Waals surface area (Å²) in [6, 6.07) is 2.23. The van der Waals surface area contributed by atoms with Gasteiger partial charge in [-0.05, 0) is 52.6 Å². The molecule has 138 valence electrons. The average Bonchev–Trinajstić information content (AvgIpc) is 2.62. The Hall–Kier alpha value is -1.73. The number of anilines is 1. The highest BCUT2D eigenvalue weighted by Gasteiger charge is 2.40. The zero-order valence-corrected chi connectivity index (χ0v) is 15.5. The molecule has 3 heterocycles. The molecule has 1 amide bonds. The molecule has 2 N–H and O–H groups in total. The van der Waals surface area contributed by atoms with Gasteiger partial charge in [-0.3, -0.25) is 4.79 Å². The Balaban J connectivity index is 1.56. The number of aromatic nitrogens is 2. The zero-order chi connectivity index (χ0) is 17.9. The molecule has 0 aromatic carbocycles. The van der Waals surface area contributed by atoms with E-state index in [2.05, 4.69) is 25.5 Å². The summed E-state index contributed by atoms with van der Waals surface area (Å²) in [5, 5.41) is 6.51. The largest absolute Gasteiger partial charge is 0.368 e. The number of amides is 1. The first-order valence-corrected chi connectivity index (χ1v) is 9.16. The standard InChI is InChI=1S/C18H29N5O2/c1-13-12-16(21-14(2)20-13)23-10-4-15(5-11-23)22-17(24)18(25-3)6-8-19-9-7-18/h12,15,19H,4-11H2,1-3H3,(H,22,24). The minimum absolute atomic E-state index is 0.0451. The quantitative estimate of drug-likeness (QED) is 0.844. The van der Waals surface area contributed by atoms with Crippen LogP contribution in [0.1, 0.15) is 37.2 Å². The van der Waals surface area contributed by atoms with Crippen LogP contribution in [0, 0.1) is 13.8 Å². The lowest BCUT2D eigenvalue weighted by atomic mass is 9.90. The fourth-order valence-corrected chi connectivity index (χ4v) is 3.78. The van der Waals surface area contributed by atoms with Gasteiger partial charge in [0.15, 0.2) is 0 Å². The molecule has 0 atom stereocenters. The molecular formula is C18H29N5O2. The highest BCUT2D eigenvalue weighted by molar-refractivity contribution is 5.85. The second kappa shape index (κ2) is 7.66. The molecule has 2 aliphatic heterocycles. The number of nitrogens with one attached hydrogen (secondary N) is 2. The van der Waals surface area contributed by atoms with Gasteiger partial charge in [-0.25, -0.2) is 9.97 Å². The van der Waals surface area contributed by atoms with Crippen molar-refractivity contribution in [2.75, 3.05) is 38.2 Å². The SMILES string of the molecule is COC1(C(=O)NC2CCN(c3cc(C)nc(C)n3)CC2)CCNCC1. The maximum absolute atomic E-state index is 12.8. The molecule has 0 unspecified atom stereocenters. The van der Waals surface area contributed by atoms with Crippen molar-refractivity contribution in [3.8, 4) is 0 Å². The van der Waals surface area contributed by atoms with E-state index in [1.54, 1.807) is 7.11 Å². The molecule has 1 aromatic heterocycles. The number of piperidine rings is 2. The number of ether oxygens (including phenoxy) is 1. The van der Waals surface area contributed by atoms with Crippen molar-refractivity contribution < 1.29 is 9.53 Å². The Morgan fingerprint density at radius 3 is 2.56 bits per heavy atom. The molecule has 7 nitrogen and oxygen atoms in total. The number of rotatable bonds is 4. The minimum Gasteiger partial charge on any atom is -0.368 e. The van der Waals surface area contributed by atoms with E-state index in [1.807, 2.05) is 19.9 Å². The lowest BCUT2D eigenvalue weighted by Crippen LogP contribution is -2.57. The van der Waals surface area contributed by atoms with Crippen molar-refractivity contribution in [3.63, 3.8) is 0 Å². The Kier molecular flexibility index (Phi) is 5.54. The van der Waals surface area contributed by atoms with E-state index in [0.29, 0.717) is 0 Å². The van der Waals surface area contributed by atoms with Gasteiger partial charge in [0.05, 0.1) is 0 Å². The van der Waals surface area contributed by atoms with Crippen LogP contribution in [0.3, 0.4) is 0 Å². The molecule has 0 radical (unpaired) electrons. The van der Waals surface area contributed by atoms with Crippen molar-refractivity contribution in [3.05, 3.63) is 17.6 Å². The molecule has 0 saturated carbocycles. The van der Waals surface area contributed by atoms with Crippen LogP contribution >= 0.6 is 0 Å². The van der Waals surface area contributed by atoms with Crippen molar-refractivity contribution >= 4 is 11.7 Å². The third kappa shape index (κ3) is 4.10. The summed E-state index contributed by atoms with van der Waals surface area (Å²) in [6.45, 7) is 7.35. The van der Waals surface area contributed by atoms with E-state index >= 15 is 0 Å². The van der Waals surface area contributed by atoms with E-state index in [0.717, 1.165) is 69.2 Å². The molecule has 25 heavy (non-hydrogen) atoms. The summed E-state index contributed by atoms with van der Waals surface area (Å²) < 4.78 is 5.62. The predicted octanol–water partition coefficient (Wildman–Crippen LogP) is 0.947. The molecule has 7 heteroatoms. The van der Waals surface area contributed by atoms with Gasteiger partial charge in [0.1, 0.15) is 17.2 Å². The van der Waals surface area contributed by atoms with Crippen LogP contribution in [-0.2, 0) is 9.53 Å². The number of hydrogen-bond acceptors (Lipinski definition) is 6. The maximum Gasteiger partial charge on any atom is 0.252 e. The van der Waals surface area contributed by atoms with Crippen LogP contribution in [0.2, 0.25) is 0 Å². The van der Waals surface area contributed by atoms with Crippen molar-refractivity contribution in [1.29, 1.82) is 0 Å². The van der Waals surface area contributed by atoms with Crippen LogP contribution in [0.5, 0.6) is 0 Å². The van der Waals surface area contributed by atoms with Gasteiger partial charge in [-0.15, -0.1) is 0 Å². The Morgan fingerprint density at radius 2 is 1.96 bits per heavy atom. The lowest BCUT2D eigenvalue weighted by Gasteiger charge is -2.38. The summed E-state index contributed by atoms with van der Waals surface area (Å²) in [5.41, 5.74) is 0.328. The summed E-state index contributed by atoms with van der Waals surface area (Å²) in [7, 11) is 1.65. The number of carbonyl (C=O) groups excluding carboxylic acids is 1. The molecule has 0 spiro atoms. The third-order valence-corrected chi connectivity index (χ3v) is 5.32. The highest BCUT2D eigenvalue weighted by Crippen LogP contribution is 2.24. The predicted molar refractivity (Wildman–Crippen MR) is 96.7 cm³/mol. The van der Waals surface area contributed by atoms with E-state index in [4.69, 9.17) is 4.74 Å². The summed E-state index contributed by atoms with van der Waals surface area (Å²) in [6.07, 6.45) is 3.30. The van der Waals surface area contributed by atoms with E-state index < -0.39 is 5.60 Å². The number of methoxy groups -OCH3 is 1. The molecular weight excluding hydrogens is 318 g/mol. The Labute approximate surface area is 149 Å². The van der Waals surface area contributed by atoms with Gasteiger partial charge in [0.2, 0.25) is 0 Å². The third-order valence-electron chi connectivity index (χ3n) is 5.32. The van der Waals surface area contributed by atoms with Gasteiger partial charge in [-0.1, -0.05) is 0 Å². The smallest absolute Gasteiger partial charge is 0.252 e. The first-order valence-electron chi connectivity index (χ1n) is 9.16. The van der Waals surface area contributed by atoms with Crippen LogP contribution in [0.15, 0.2) is 6.07 Å². The van der Waals surface area contributed by atoms with Crippen LogP contribution in [-0.4, -0.2) is 60.8 Å². The normalized spacial score (nSPS) is 21.2. The topological polar surface area (TPSA) is 79.4 Å². The number of nitrogens with zero attached hydrogens (tertiary/aromatic N) is 3. The molecule has 3 rings (SSSR count). The zero-order valence-electron chi connectivity index (χ0n) is 15.5. The molecule has 0 aliphatic carbocycles. The second-order valence-corrected chi connectivity index (χ2v) is 7.10. The average molecular weight is 347 g/mol. The van der Waals surface area contributed by atoms with Gasteiger partial charge >= 0.3 is 0 Å². The number of aryl methyl sites for hydroxylation is 2. The Bertz CT molecular complexity index is 587. The molecule has 1 aromatic rings. The number of carbonyl (C=O) groups is 1. The summed E-state index contributed by atoms with van der Waals surface area (Å²) >= 11 is 0. The van der Waals surface area contributed by atoms with Gasteiger partial charge in [0, 0.05) is 38.0 Å². The van der Waals surface area contributed by atoms with Crippen LogP contribution < -0.4 is 15.5 Å². The van der Waals surface area contributed by atoms with Gasteiger partial charge < -0.3 is 20.3 Å². The minimum atomic E-state index is -0.663.